The Morgan fingerprint density at radius 1 is 1.44 bits per heavy atom. The fourth-order valence-corrected chi connectivity index (χ4v) is 3.50. The van der Waals surface area contributed by atoms with Gasteiger partial charge in [0, 0.05) is 28.2 Å². The zero-order valence-corrected chi connectivity index (χ0v) is 13.2. The Kier molecular flexibility index (Phi) is 5.18. The number of aromatic nitrogens is 1. The second-order valence-electron chi connectivity index (χ2n) is 4.73. The summed E-state index contributed by atoms with van der Waals surface area (Å²) in [6.45, 7) is 0.757. The number of hydrogen-bond acceptors (Lipinski definition) is 2. The molecular weight excluding hydrogens is 360 g/mol. The Labute approximate surface area is 124 Å². The van der Waals surface area contributed by atoms with Crippen molar-refractivity contribution in [1.29, 1.82) is 0 Å². The van der Waals surface area contributed by atoms with E-state index in [2.05, 4.69) is 42.2 Å². The Morgan fingerprint density at radius 3 is 3.00 bits per heavy atom. The van der Waals surface area contributed by atoms with Crippen molar-refractivity contribution in [2.75, 3.05) is 6.54 Å². The monoisotopic (exact) mass is 374 g/mol. The van der Waals surface area contributed by atoms with Crippen LogP contribution in [0.5, 0.6) is 0 Å². The molecule has 2 atom stereocenters. The van der Waals surface area contributed by atoms with Gasteiger partial charge in [-0.2, -0.15) is 0 Å². The molecule has 18 heavy (non-hydrogen) atoms. The SMILES string of the molecule is O=C(NCC1CCCC(Br)C1)c1cncc(Br)c1. The van der Waals surface area contributed by atoms with Crippen molar-refractivity contribution in [1.82, 2.24) is 10.3 Å². The van der Waals surface area contributed by atoms with Gasteiger partial charge in [-0.1, -0.05) is 22.4 Å². The summed E-state index contributed by atoms with van der Waals surface area (Å²) in [5.41, 5.74) is 0.607. The molecule has 0 aliphatic heterocycles. The standard InChI is InChI=1S/C13H16Br2N2O/c14-11-3-1-2-9(4-11)6-17-13(18)10-5-12(15)8-16-7-10/h5,7-9,11H,1-4,6H2,(H,17,18). The molecule has 1 amide bonds. The number of carbonyl (C=O) groups is 1. The lowest BCUT2D eigenvalue weighted by Crippen LogP contribution is -2.32. The number of rotatable bonds is 3. The van der Waals surface area contributed by atoms with E-state index in [1.807, 2.05) is 0 Å². The Bertz CT molecular complexity index is 425. The quantitative estimate of drug-likeness (QED) is 0.821. The van der Waals surface area contributed by atoms with Crippen molar-refractivity contribution in [3.05, 3.63) is 28.5 Å². The molecule has 0 radical (unpaired) electrons. The molecule has 2 unspecified atom stereocenters. The minimum Gasteiger partial charge on any atom is -0.352 e. The van der Waals surface area contributed by atoms with Crippen molar-refractivity contribution in [3.8, 4) is 0 Å². The van der Waals surface area contributed by atoms with Crippen LogP contribution in [0.2, 0.25) is 0 Å². The van der Waals surface area contributed by atoms with Crippen LogP contribution in [0.25, 0.3) is 0 Å². The van der Waals surface area contributed by atoms with Gasteiger partial charge in [-0.3, -0.25) is 9.78 Å². The zero-order valence-electron chi connectivity index (χ0n) is 10.0. The number of halogens is 2. The van der Waals surface area contributed by atoms with Crippen molar-refractivity contribution < 1.29 is 4.79 Å². The summed E-state index contributed by atoms with van der Waals surface area (Å²) in [5, 5.41) is 3.00. The highest BCUT2D eigenvalue weighted by atomic mass is 79.9. The Morgan fingerprint density at radius 2 is 2.28 bits per heavy atom. The highest BCUT2D eigenvalue weighted by Gasteiger charge is 2.20. The number of alkyl halides is 1. The van der Waals surface area contributed by atoms with Crippen LogP contribution in [0.4, 0.5) is 0 Å². The Hall–Kier alpha value is -0.420. The fourth-order valence-electron chi connectivity index (χ4n) is 2.29. The van der Waals surface area contributed by atoms with Gasteiger partial charge in [0.15, 0.2) is 0 Å². The summed E-state index contributed by atoms with van der Waals surface area (Å²) in [5.74, 6) is 0.549. The third-order valence-electron chi connectivity index (χ3n) is 3.24. The molecule has 98 valence electrons. The highest BCUT2D eigenvalue weighted by Crippen LogP contribution is 2.28. The number of pyridine rings is 1. The lowest BCUT2D eigenvalue weighted by atomic mass is 9.89. The molecule has 0 spiro atoms. The molecule has 1 saturated carbocycles. The first-order chi connectivity index (χ1) is 8.65. The smallest absolute Gasteiger partial charge is 0.252 e. The van der Waals surface area contributed by atoms with Gasteiger partial charge in [-0.15, -0.1) is 0 Å². The molecule has 2 rings (SSSR count). The molecule has 3 nitrogen and oxygen atoms in total. The van der Waals surface area contributed by atoms with E-state index >= 15 is 0 Å². The first kappa shape index (κ1) is 14.0. The highest BCUT2D eigenvalue weighted by molar-refractivity contribution is 9.10. The zero-order chi connectivity index (χ0) is 13.0. The number of nitrogens with zero attached hydrogens (tertiary/aromatic N) is 1. The maximum Gasteiger partial charge on any atom is 0.252 e. The van der Waals surface area contributed by atoms with E-state index in [-0.39, 0.29) is 5.91 Å². The van der Waals surface area contributed by atoms with Gasteiger partial charge in [-0.05, 0) is 47.2 Å². The molecule has 1 aliphatic rings. The third kappa shape index (κ3) is 4.05. The van der Waals surface area contributed by atoms with Gasteiger partial charge in [0.05, 0.1) is 5.56 Å². The summed E-state index contributed by atoms with van der Waals surface area (Å²) in [7, 11) is 0. The lowest BCUT2D eigenvalue weighted by Gasteiger charge is -2.25. The minimum absolute atomic E-state index is 0.0412. The maximum absolute atomic E-state index is 11.9. The van der Waals surface area contributed by atoms with Gasteiger partial charge in [0.2, 0.25) is 0 Å². The van der Waals surface area contributed by atoms with Crippen LogP contribution in [0.15, 0.2) is 22.9 Å². The van der Waals surface area contributed by atoms with Gasteiger partial charge in [-0.25, -0.2) is 0 Å². The lowest BCUT2D eigenvalue weighted by molar-refractivity contribution is 0.0943. The van der Waals surface area contributed by atoms with E-state index in [1.165, 1.54) is 19.3 Å². The predicted molar refractivity (Wildman–Crippen MR) is 78.9 cm³/mol. The summed E-state index contributed by atoms with van der Waals surface area (Å²) in [6.07, 6.45) is 8.12. The predicted octanol–water partition coefficient (Wildman–Crippen LogP) is 3.53. The maximum atomic E-state index is 11.9. The average molecular weight is 376 g/mol. The van der Waals surface area contributed by atoms with Gasteiger partial charge in [0.25, 0.3) is 5.91 Å². The van der Waals surface area contributed by atoms with Crippen molar-refractivity contribution in [2.24, 2.45) is 5.92 Å². The largest absolute Gasteiger partial charge is 0.352 e. The van der Waals surface area contributed by atoms with Gasteiger partial charge >= 0.3 is 0 Å². The van der Waals surface area contributed by atoms with E-state index in [9.17, 15) is 4.79 Å². The van der Waals surface area contributed by atoms with Crippen molar-refractivity contribution in [3.63, 3.8) is 0 Å². The summed E-state index contributed by atoms with van der Waals surface area (Å²) in [6, 6.07) is 1.79. The van der Waals surface area contributed by atoms with Crippen LogP contribution < -0.4 is 5.32 Å². The van der Waals surface area contributed by atoms with Crippen LogP contribution in [0, 0.1) is 5.92 Å². The second kappa shape index (κ2) is 6.66. The number of amides is 1. The molecule has 0 saturated heterocycles. The second-order valence-corrected chi connectivity index (χ2v) is 6.94. The molecule has 1 aromatic rings. The van der Waals surface area contributed by atoms with Crippen LogP contribution in [-0.4, -0.2) is 22.3 Å². The Balaban J connectivity index is 1.84. The summed E-state index contributed by atoms with van der Waals surface area (Å²) < 4.78 is 0.827. The van der Waals surface area contributed by atoms with Crippen LogP contribution in [0.3, 0.4) is 0 Å². The van der Waals surface area contributed by atoms with Gasteiger partial charge < -0.3 is 5.32 Å². The van der Waals surface area contributed by atoms with Crippen LogP contribution >= 0.6 is 31.9 Å². The summed E-state index contributed by atoms with van der Waals surface area (Å²) in [4.78, 5) is 16.5. The first-order valence-corrected chi connectivity index (χ1v) is 7.89. The molecule has 1 N–H and O–H groups in total. The molecular formula is C13H16Br2N2O. The molecule has 0 aromatic carbocycles. The first-order valence-electron chi connectivity index (χ1n) is 6.18. The number of carbonyl (C=O) groups excluding carboxylic acids is 1. The van der Waals surface area contributed by atoms with Crippen LogP contribution in [-0.2, 0) is 0 Å². The van der Waals surface area contributed by atoms with E-state index in [0.717, 1.165) is 17.4 Å². The normalized spacial score (nSPS) is 23.7. The van der Waals surface area contributed by atoms with Gasteiger partial charge in [0.1, 0.15) is 0 Å². The molecule has 1 aromatic heterocycles. The fraction of sp³-hybridized carbons (Fsp3) is 0.538. The van der Waals surface area contributed by atoms with Crippen molar-refractivity contribution in [2.45, 2.75) is 30.5 Å². The summed E-state index contributed by atoms with van der Waals surface area (Å²) >= 11 is 6.98. The topological polar surface area (TPSA) is 42.0 Å². The van der Waals surface area contributed by atoms with E-state index < -0.39 is 0 Å². The molecule has 1 aliphatic carbocycles. The number of hydrogen-bond donors (Lipinski definition) is 1. The third-order valence-corrected chi connectivity index (χ3v) is 4.50. The van der Waals surface area contributed by atoms with E-state index in [4.69, 9.17) is 0 Å². The van der Waals surface area contributed by atoms with E-state index in [0.29, 0.717) is 16.3 Å². The van der Waals surface area contributed by atoms with Crippen molar-refractivity contribution >= 4 is 37.8 Å². The molecule has 0 bridgehead atoms. The average Bonchev–Trinajstić information content (AvgIpc) is 2.36. The number of nitrogens with one attached hydrogen (secondary N) is 1. The molecule has 1 fully saturated rings. The minimum atomic E-state index is -0.0412. The van der Waals surface area contributed by atoms with Crippen LogP contribution in [0.1, 0.15) is 36.0 Å². The molecule has 5 heteroatoms. The van der Waals surface area contributed by atoms with E-state index in [1.54, 1.807) is 18.5 Å². The molecule has 1 heterocycles.